The molecule has 0 N–H and O–H groups in total. The summed E-state index contributed by atoms with van der Waals surface area (Å²) in [4.78, 5) is 4.13. The molecule has 2 atom stereocenters. The summed E-state index contributed by atoms with van der Waals surface area (Å²) in [6, 6.07) is 0. The van der Waals surface area contributed by atoms with Gasteiger partial charge < -0.3 is 4.99 Å². The van der Waals surface area contributed by atoms with Crippen molar-refractivity contribution in [2.45, 2.75) is 26.7 Å². The quantitative estimate of drug-likeness (QED) is 0.587. The van der Waals surface area contributed by atoms with E-state index in [0.717, 1.165) is 0 Å². The summed E-state index contributed by atoms with van der Waals surface area (Å²) in [7, 11) is 1.85. The fourth-order valence-corrected chi connectivity index (χ4v) is 1.96. The minimum absolute atomic E-state index is 0.281. The molecule has 0 amide bonds. The lowest BCUT2D eigenvalue weighted by Gasteiger charge is -2.32. The van der Waals surface area contributed by atoms with Crippen LogP contribution >= 0.6 is 0 Å². The van der Waals surface area contributed by atoms with E-state index in [9.17, 15) is 0 Å². The van der Waals surface area contributed by atoms with Crippen LogP contribution in [0, 0.1) is 11.3 Å². The number of hydrogen-bond acceptors (Lipinski definition) is 1. The number of allylic oxidation sites excluding steroid dienone is 4. The van der Waals surface area contributed by atoms with Crippen LogP contribution in [-0.4, -0.2) is 13.3 Å². The number of nitrogens with zero attached hydrogens (tertiary/aromatic N) is 1. The molecule has 1 rings (SSSR count). The third-order valence-electron chi connectivity index (χ3n) is 2.77. The Balaban J connectivity index is 2.80. The topological polar surface area (TPSA) is 12.4 Å². The first-order chi connectivity index (χ1) is 6.23. The Bertz CT molecular complexity index is 238. The zero-order chi connectivity index (χ0) is 9.73. The molecule has 0 aromatic carbocycles. The van der Waals surface area contributed by atoms with E-state index >= 15 is 0 Å². The van der Waals surface area contributed by atoms with Crippen LogP contribution in [0.3, 0.4) is 0 Å². The maximum atomic E-state index is 4.13. The Kier molecular flexibility index (Phi) is 3.47. The fourth-order valence-electron chi connectivity index (χ4n) is 1.96. The van der Waals surface area contributed by atoms with E-state index in [1.54, 1.807) is 0 Å². The van der Waals surface area contributed by atoms with Crippen molar-refractivity contribution in [3.05, 3.63) is 24.3 Å². The molecule has 0 saturated carbocycles. The summed E-state index contributed by atoms with van der Waals surface area (Å²) in [5.41, 5.74) is 0.281. The smallest absolute Gasteiger partial charge is 0.0273 e. The predicted molar refractivity (Wildman–Crippen MR) is 59.2 cm³/mol. The molecule has 1 nitrogen and oxygen atoms in total. The SMILES string of the molecule is CCC[C@@]1(C)C=CC=CC1/C=N\C. The van der Waals surface area contributed by atoms with Gasteiger partial charge in [-0.1, -0.05) is 44.6 Å². The highest BCUT2D eigenvalue weighted by atomic mass is 14.6. The van der Waals surface area contributed by atoms with Crippen LogP contribution in [0.2, 0.25) is 0 Å². The highest BCUT2D eigenvalue weighted by Gasteiger charge is 2.28. The van der Waals surface area contributed by atoms with Crippen molar-refractivity contribution in [3.63, 3.8) is 0 Å². The second-order valence-corrected chi connectivity index (χ2v) is 3.93. The first-order valence-electron chi connectivity index (χ1n) is 5.01. The number of hydrogen-bond donors (Lipinski definition) is 0. The Morgan fingerprint density at radius 1 is 1.46 bits per heavy atom. The van der Waals surface area contributed by atoms with Crippen molar-refractivity contribution in [2.75, 3.05) is 7.05 Å². The largest absolute Gasteiger partial charge is 0.300 e. The zero-order valence-corrected chi connectivity index (χ0v) is 8.83. The summed E-state index contributed by atoms with van der Waals surface area (Å²) in [6.07, 6.45) is 13.3. The number of aliphatic imine (C=N–C) groups is 1. The van der Waals surface area contributed by atoms with Gasteiger partial charge in [0.15, 0.2) is 0 Å². The van der Waals surface area contributed by atoms with Crippen LogP contribution in [0.4, 0.5) is 0 Å². The Morgan fingerprint density at radius 3 is 2.85 bits per heavy atom. The van der Waals surface area contributed by atoms with Gasteiger partial charge in [-0.2, -0.15) is 0 Å². The van der Waals surface area contributed by atoms with E-state index < -0.39 is 0 Å². The van der Waals surface area contributed by atoms with Crippen molar-refractivity contribution in [1.82, 2.24) is 0 Å². The van der Waals surface area contributed by atoms with Gasteiger partial charge in [-0.3, -0.25) is 0 Å². The van der Waals surface area contributed by atoms with E-state index in [-0.39, 0.29) is 5.41 Å². The first kappa shape index (κ1) is 10.2. The van der Waals surface area contributed by atoms with Crippen LogP contribution in [0.5, 0.6) is 0 Å². The summed E-state index contributed by atoms with van der Waals surface area (Å²) in [5.74, 6) is 0.474. The standard InChI is InChI=1S/C12H19N/c1-4-8-12(2)9-6-5-7-11(12)10-13-3/h5-7,9-11H,4,8H2,1-3H3/b13-10-/t11?,12-/m0/s1. The molecule has 1 aliphatic carbocycles. The molecule has 1 aliphatic rings. The predicted octanol–water partition coefficient (Wildman–Crippen LogP) is 3.24. The lowest BCUT2D eigenvalue weighted by molar-refractivity contribution is 0.342. The lowest BCUT2D eigenvalue weighted by Crippen LogP contribution is -2.26. The molecule has 72 valence electrons. The maximum Gasteiger partial charge on any atom is 0.0273 e. The van der Waals surface area contributed by atoms with Gasteiger partial charge in [-0.05, 0) is 11.8 Å². The Morgan fingerprint density at radius 2 is 2.23 bits per heavy atom. The molecule has 0 saturated heterocycles. The van der Waals surface area contributed by atoms with Crippen molar-refractivity contribution in [2.24, 2.45) is 16.3 Å². The Hall–Kier alpha value is -0.850. The second-order valence-electron chi connectivity index (χ2n) is 3.93. The molecule has 0 spiro atoms. The first-order valence-corrected chi connectivity index (χ1v) is 5.01. The van der Waals surface area contributed by atoms with Crippen LogP contribution in [0.15, 0.2) is 29.3 Å². The maximum absolute atomic E-state index is 4.13. The average molecular weight is 177 g/mol. The van der Waals surface area contributed by atoms with E-state index in [1.807, 2.05) is 7.05 Å². The lowest BCUT2D eigenvalue weighted by atomic mass is 9.72. The Labute approximate surface area is 81.3 Å². The zero-order valence-electron chi connectivity index (χ0n) is 8.83. The molecule has 1 heteroatoms. The van der Waals surface area contributed by atoms with Crippen molar-refractivity contribution in [3.8, 4) is 0 Å². The highest BCUT2D eigenvalue weighted by Crippen LogP contribution is 2.36. The molecule has 0 aromatic heterocycles. The van der Waals surface area contributed by atoms with Crippen molar-refractivity contribution < 1.29 is 0 Å². The highest BCUT2D eigenvalue weighted by molar-refractivity contribution is 5.65. The molecule has 0 heterocycles. The molecule has 0 aliphatic heterocycles. The van der Waals surface area contributed by atoms with E-state index in [1.165, 1.54) is 12.8 Å². The van der Waals surface area contributed by atoms with Crippen LogP contribution < -0.4 is 0 Å². The summed E-state index contributed by atoms with van der Waals surface area (Å²) < 4.78 is 0. The molecular formula is C12H19N. The molecule has 1 unspecified atom stereocenters. The normalized spacial score (nSPS) is 33.0. The summed E-state index contributed by atoms with van der Waals surface area (Å²) in [6.45, 7) is 4.54. The van der Waals surface area contributed by atoms with Crippen molar-refractivity contribution in [1.29, 1.82) is 0 Å². The van der Waals surface area contributed by atoms with Gasteiger partial charge in [0.1, 0.15) is 0 Å². The van der Waals surface area contributed by atoms with Gasteiger partial charge in [-0.15, -0.1) is 0 Å². The van der Waals surface area contributed by atoms with Gasteiger partial charge in [-0.25, -0.2) is 0 Å². The van der Waals surface area contributed by atoms with E-state index in [0.29, 0.717) is 5.92 Å². The van der Waals surface area contributed by atoms with Gasteiger partial charge in [0.25, 0.3) is 0 Å². The van der Waals surface area contributed by atoms with Crippen LogP contribution in [-0.2, 0) is 0 Å². The fraction of sp³-hybridized carbons (Fsp3) is 0.583. The third-order valence-corrected chi connectivity index (χ3v) is 2.77. The van der Waals surface area contributed by atoms with E-state index in [2.05, 4.69) is 49.4 Å². The molecule has 0 fully saturated rings. The van der Waals surface area contributed by atoms with Gasteiger partial charge in [0, 0.05) is 19.2 Å². The van der Waals surface area contributed by atoms with Gasteiger partial charge in [0.05, 0.1) is 0 Å². The van der Waals surface area contributed by atoms with Crippen molar-refractivity contribution >= 4 is 6.21 Å². The molecule has 0 bridgehead atoms. The minimum atomic E-state index is 0.281. The second kappa shape index (κ2) is 4.40. The summed E-state index contributed by atoms with van der Waals surface area (Å²) >= 11 is 0. The van der Waals surface area contributed by atoms with Crippen LogP contribution in [0.1, 0.15) is 26.7 Å². The molecule has 13 heavy (non-hydrogen) atoms. The number of rotatable bonds is 3. The average Bonchev–Trinajstić information content (AvgIpc) is 2.10. The third kappa shape index (κ3) is 2.30. The minimum Gasteiger partial charge on any atom is -0.300 e. The summed E-state index contributed by atoms with van der Waals surface area (Å²) in [5, 5.41) is 0. The van der Waals surface area contributed by atoms with Gasteiger partial charge in [0.2, 0.25) is 0 Å². The molecule has 0 aromatic rings. The molecule has 0 radical (unpaired) electrons. The van der Waals surface area contributed by atoms with Gasteiger partial charge >= 0.3 is 0 Å². The monoisotopic (exact) mass is 177 g/mol. The molecular weight excluding hydrogens is 158 g/mol. The van der Waals surface area contributed by atoms with Crippen LogP contribution in [0.25, 0.3) is 0 Å². The van der Waals surface area contributed by atoms with E-state index in [4.69, 9.17) is 0 Å².